The second-order valence-electron chi connectivity index (χ2n) is 8.25. The van der Waals surface area contributed by atoms with Crippen molar-refractivity contribution in [2.45, 2.75) is 32.7 Å². The van der Waals surface area contributed by atoms with Crippen LogP contribution < -0.4 is 16.4 Å². The van der Waals surface area contributed by atoms with E-state index in [1.807, 2.05) is 13.0 Å². The molecule has 3 aromatic rings. The van der Waals surface area contributed by atoms with Crippen LogP contribution in [0.25, 0.3) is 16.7 Å². The molecule has 0 unspecified atom stereocenters. The quantitative estimate of drug-likeness (QED) is 0.541. The molecule has 9 nitrogen and oxygen atoms in total. The summed E-state index contributed by atoms with van der Waals surface area (Å²) in [7, 11) is 1.57. The summed E-state index contributed by atoms with van der Waals surface area (Å²) >= 11 is 0. The van der Waals surface area contributed by atoms with Crippen LogP contribution in [-0.2, 0) is 11.3 Å². The summed E-state index contributed by atoms with van der Waals surface area (Å²) in [4.78, 5) is 33.3. The zero-order valence-corrected chi connectivity index (χ0v) is 18.7. The number of likely N-dealkylation sites (tertiary alicyclic amines) is 1. The number of piperidine rings is 1. The summed E-state index contributed by atoms with van der Waals surface area (Å²) in [6.07, 6.45) is 5.32. The van der Waals surface area contributed by atoms with Gasteiger partial charge in [0.1, 0.15) is 16.8 Å². The van der Waals surface area contributed by atoms with Gasteiger partial charge in [0.05, 0.1) is 17.6 Å². The van der Waals surface area contributed by atoms with Crippen LogP contribution in [0.15, 0.2) is 29.2 Å². The number of fused-ring (bicyclic) bond motifs is 2. The summed E-state index contributed by atoms with van der Waals surface area (Å²) in [6, 6.07) is 5.18. The van der Waals surface area contributed by atoms with Gasteiger partial charge in [0.2, 0.25) is 0 Å². The van der Waals surface area contributed by atoms with E-state index in [1.165, 1.54) is 29.7 Å². The van der Waals surface area contributed by atoms with Crippen molar-refractivity contribution in [2.24, 2.45) is 0 Å². The van der Waals surface area contributed by atoms with Crippen molar-refractivity contribution in [1.29, 1.82) is 5.41 Å². The number of pyridine rings is 2. The van der Waals surface area contributed by atoms with Crippen molar-refractivity contribution in [3.8, 4) is 0 Å². The number of rotatable bonds is 7. The monoisotopic (exact) mass is 438 g/mol. The van der Waals surface area contributed by atoms with Crippen LogP contribution in [-0.4, -0.2) is 64.7 Å². The predicted molar refractivity (Wildman–Crippen MR) is 122 cm³/mol. The van der Waals surface area contributed by atoms with Crippen molar-refractivity contribution >= 4 is 22.6 Å². The average molecular weight is 439 g/mol. The van der Waals surface area contributed by atoms with Crippen molar-refractivity contribution in [1.82, 2.24) is 24.2 Å². The van der Waals surface area contributed by atoms with Gasteiger partial charge in [0.25, 0.3) is 11.5 Å². The van der Waals surface area contributed by atoms with Crippen LogP contribution in [0, 0.1) is 12.3 Å². The zero-order valence-electron chi connectivity index (χ0n) is 18.7. The van der Waals surface area contributed by atoms with Gasteiger partial charge in [-0.3, -0.25) is 19.4 Å². The fraction of sp³-hybridized carbons (Fsp3) is 0.478. The first-order valence-electron chi connectivity index (χ1n) is 11.1. The predicted octanol–water partition coefficient (Wildman–Crippen LogP) is 1.30. The Labute approximate surface area is 186 Å². The first-order chi connectivity index (χ1) is 15.5. The van der Waals surface area contributed by atoms with E-state index < -0.39 is 0 Å². The van der Waals surface area contributed by atoms with Gasteiger partial charge >= 0.3 is 0 Å². The number of carbonyl (C=O) groups excluding carboxylic acids is 1. The van der Waals surface area contributed by atoms with Crippen LogP contribution in [0.4, 0.5) is 0 Å². The molecule has 4 heterocycles. The Morgan fingerprint density at radius 1 is 1.22 bits per heavy atom. The molecule has 0 atom stereocenters. The first-order valence-corrected chi connectivity index (χ1v) is 11.1. The van der Waals surface area contributed by atoms with E-state index in [2.05, 4.69) is 15.2 Å². The molecule has 0 aromatic carbocycles. The molecule has 1 aliphatic heterocycles. The number of nitrogens with zero attached hydrogens (tertiary/aromatic N) is 4. The maximum absolute atomic E-state index is 13.3. The highest BCUT2D eigenvalue weighted by atomic mass is 16.5. The molecule has 3 aromatic heterocycles. The minimum atomic E-state index is -0.353. The molecule has 1 fully saturated rings. The zero-order chi connectivity index (χ0) is 22.7. The van der Waals surface area contributed by atoms with E-state index in [0.717, 1.165) is 25.2 Å². The van der Waals surface area contributed by atoms with Gasteiger partial charge in [-0.25, -0.2) is 4.98 Å². The Morgan fingerprint density at radius 3 is 2.75 bits per heavy atom. The van der Waals surface area contributed by atoms with Crippen LogP contribution in [0.2, 0.25) is 0 Å². The second-order valence-corrected chi connectivity index (χ2v) is 8.25. The molecule has 2 N–H and O–H groups in total. The fourth-order valence-electron chi connectivity index (χ4n) is 4.28. The van der Waals surface area contributed by atoms with Gasteiger partial charge in [-0.1, -0.05) is 12.5 Å². The highest BCUT2D eigenvalue weighted by Gasteiger charge is 2.18. The minimum Gasteiger partial charge on any atom is -0.383 e. The molecule has 0 bridgehead atoms. The largest absolute Gasteiger partial charge is 0.383 e. The highest BCUT2D eigenvalue weighted by molar-refractivity contribution is 5.96. The van der Waals surface area contributed by atoms with E-state index in [4.69, 9.17) is 10.1 Å². The number of hydrogen-bond donors (Lipinski definition) is 2. The Bertz CT molecular complexity index is 1260. The third-order valence-corrected chi connectivity index (χ3v) is 6.06. The number of nitrogens with one attached hydrogen (secondary N) is 2. The molecule has 32 heavy (non-hydrogen) atoms. The molecule has 0 aliphatic carbocycles. The van der Waals surface area contributed by atoms with E-state index in [9.17, 15) is 9.59 Å². The Balaban J connectivity index is 1.73. The number of methoxy groups -OCH3 is 1. The molecule has 1 saturated heterocycles. The SMILES string of the molecule is COCCn1c(=N)c(C(=O)NCCN2CCCCC2)cc2c(=O)n3cccc(C)c3nc21. The minimum absolute atomic E-state index is 0.0230. The number of aromatic nitrogens is 3. The molecular formula is C23H30N6O3. The average Bonchev–Trinajstić information content (AvgIpc) is 2.80. The molecule has 1 aliphatic rings. The van der Waals surface area contributed by atoms with E-state index >= 15 is 0 Å². The number of carbonyl (C=O) groups is 1. The molecule has 0 saturated carbocycles. The summed E-state index contributed by atoms with van der Waals surface area (Å²) < 4.78 is 8.28. The summed E-state index contributed by atoms with van der Waals surface area (Å²) in [5.41, 5.74) is 1.71. The summed E-state index contributed by atoms with van der Waals surface area (Å²) in [5.74, 6) is -0.353. The third-order valence-electron chi connectivity index (χ3n) is 6.06. The van der Waals surface area contributed by atoms with Gasteiger partial charge in [-0.05, 0) is 50.6 Å². The van der Waals surface area contributed by atoms with Gasteiger partial charge < -0.3 is 19.5 Å². The van der Waals surface area contributed by atoms with Crippen LogP contribution in [0.1, 0.15) is 35.2 Å². The Morgan fingerprint density at radius 2 is 2.00 bits per heavy atom. The van der Waals surface area contributed by atoms with Crippen molar-refractivity contribution in [3.63, 3.8) is 0 Å². The lowest BCUT2D eigenvalue weighted by molar-refractivity contribution is 0.0943. The lowest BCUT2D eigenvalue weighted by atomic mass is 10.1. The van der Waals surface area contributed by atoms with Gasteiger partial charge in [-0.15, -0.1) is 0 Å². The van der Waals surface area contributed by atoms with Crippen LogP contribution in [0.3, 0.4) is 0 Å². The standard InChI is InChI=1S/C23H30N6O3/c1-16-7-6-11-29-20(16)26-21-18(23(29)31)15-17(19(24)28(21)13-14-32-2)22(30)25-8-12-27-9-4-3-5-10-27/h6-7,11,15,24H,3-5,8-10,12-14H2,1-2H3,(H,25,30). The van der Waals surface area contributed by atoms with E-state index in [0.29, 0.717) is 36.4 Å². The second kappa shape index (κ2) is 9.62. The van der Waals surface area contributed by atoms with Crippen LogP contribution >= 0.6 is 0 Å². The molecule has 0 spiro atoms. The molecule has 0 radical (unpaired) electrons. The fourth-order valence-corrected chi connectivity index (χ4v) is 4.28. The molecule has 1 amide bonds. The van der Waals surface area contributed by atoms with Gasteiger partial charge in [0, 0.05) is 32.9 Å². The van der Waals surface area contributed by atoms with Crippen molar-refractivity contribution in [3.05, 3.63) is 51.4 Å². The lowest BCUT2D eigenvalue weighted by Crippen LogP contribution is -2.40. The van der Waals surface area contributed by atoms with Crippen molar-refractivity contribution < 1.29 is 9.53 Å². The van der Waals surface area contributed by atoms with E-state index in [1.54, 1.807) is 23.9 Å². The third kappa shape index (κ3) is 4.31. The number of amides is 1. The lowest BCUT2D eigenvalue weighted by Gasteiger charge is -2.26. The molecule has 9 heteroatoms. The maximum atomic E-state index is 13.3. The topological polar surface area (TPSA) is 105 Å². The molecule has 170 valence electrons. The summed E-state index contributed by atoms with van der Waals surface area (Å²) in [6.45, 7) is 5.94. The van der Waals surface area contributed by atoms with Gasteiger partial charge in [-0.2, -0.15) is 0 Å². The first kappa shape index (κ1) is 22.2. The summed E-state index contributed by atoms with van der Waals surface area (Å²) in [5, 5.41) is 11.9. The Hall–Kier alpha value is -3.04. The smallest absolute Gasteiger partial charge is 0.267 e. The normalized spacial score (nSPS) is 14.8. The highest BCUT2D eigenvalue weighted by Crippen LogP contribution is 2.13. The van der Waals surface area contributed by atoms with Gasteiger partial charge in [0.15, 0.2) is 0 Å². The maximum Gasteiger partial charge on any atom is 0.267 e. The Kier molecular flexibility index (Phi) is 6.66. The molecular weight excluding hydrogens is 408 g/mol. The van der Waals surface area contributed by atoms with E-state index in [-0.39, 0.29) is 22.5 Å². The number of hydrogen-bond acceptors (Lipinski definition) is 6. The molecule has 4 rings (SSSR count). The number of aryl methyl sites for hydroxylation is 1. The van der Waals surface area contributed by atoms with Crippen molar-refractivity contribution in [2.75, 3.05) is 39.9 Å². The van der Waals surface area contributed by atoms with Crippen LogP contribution in [0.5, 0.6) is 0 Å². The number of ether oxygens (including phenoxy) is 1.